The van der Waals surface area contributed by atoms with Crippen molar-refractivity contribution in [3.05, 3.63) is 120 Å². The van der Waals surface area contributed by atoms with Gasteiger partial charge in [0.25, 0.3) is 5.91 Å². The summed E-state index contributed by atoms with van der Waals surface area (Å²) >= 11 is 0. The van der Waals surface area contributed by atoms with Crippen LogP contribution >= 0.6 is 0 Å². The number of anilines is 2. The number of aryl methyl sites for hydroxylation is 1. The highest BCUT2D eigenvalue weighted by Gasteiger charge is 2.52. The number of nitrogens with one attached hydrogen (secondary N) is 2. The Hall–Kier alpha value is -4.64. The Labute approximate surface area is 268 Å². The van der Waals surface area contributed by atoms with E-state index in [1.807, 2.05) is 104 Å². The summed E-state index contributed by atoms with van der Waals surface area (Å²) in [7, 11) is 0. The lowest BCUT2D eigenvalue weighted by Crippen LogP contribution is -2.44. The van der Waals surface area contributed by atoms with Gasteiger partial charge in [-0.25, -0.2) is 0 Å². The second kappa shape index (κ2) is 13.8. The predicted molar refractivity (Wildman–Crippen MR) is 176 cm³/mol. The average Bonchev–Trinajstić information content (AvgIpc) is 3.83. The molecule has 0 aliphatic carbocycles. The van der Waals surface area contributed by atoms with Crippen molar-refractivity contribution in [3.8, 4) is 0 Å². The summed E-state index contributed by atoms with van der Waals surface area (Å²) in [4.78, 5) is 28.2. The first-order valence-corrected chi connectivity index (χ1v) is 15.9. The molecule has 0 saturated carbocycles. The van der Waals surface area contributed by atoms with Crippen molar-refractivity contribution in [2.24, 2.45) is 5.92 Å². The molecular formula is C36H40N6O4. The van der Waals surface area contributed by atoms with Crippen molar-refractivity contribution in [1.29, 1.82) is 0 Å². The maximum Gasteiger partial charge on any atom is 0.264 e. The van der Waals surface area contributed by atoms with Gasteiger partial charge in [0, 0.05) is 29.9 Å². The molecule has 1 fully saturated rings. The zero-order chi connectivity index (χ0) is 32.1. The Morgan fingerprint density at radius 3 is 2.72 bits per heavy atom. The molecule has 2 amide bonds. The van der Waals surface area contributed by atoms with E-state index in [0.29, 0.717) is 35.6 Å². The van der Waals surface area contributed by atoms with Gasteiger partial charge in [0.2, 0.25) is 5.91 Å². The molecule has 1 aromatic heterocycles. The van der Waals surface area contributed by atoms with Crippen molar-refractivity contribution in [1.82, 2.24) is 20.3 Å². The van der Waals surface area contributed by atoms with Gasteiger partial charge in [-0.15, -0.1) is 5.10 Å². The van der Waals surface area contributed by atoms with E-state index in [0.717, 1.165) is 30.5 Å². The Morgan fingerprint density at radius 1 is 1.13 bits per heavy atom. The third-order valence-electron chi connectivity index (χ3n) is 9.00. The number of carbonyl (C=O) groups excluding carboxylic acids is 2. The van der Waals surface area contributed by atoms with Crippen molar-refractivity contribution >= 4 is 23.2 Å². The van der Waals surface area contributed by atoms with Crippen LogP contribution in [0.25, 0.3) is 0 Å². The molecule has 1 unspecified atom stereocenters. The molecule has 0 radical (unpaired) electrons. The van der Waals surface area contributed by atoms with E-state index >= 15 is 0 Å². The van der Waals surface area contributed by atoms with Gasteiger partial charge in [-0.1, -0.05) is 85.0 Å². The molecule has 3 heterocycles. The first-order chi connectivity index (χ1) is 22.4. The Bertz CT molecular complexity index is 1700. The molecule has 10 nitrogen and oxygen atoms in total. The minimum absolute atomic E-state index is 0.0574. The van der Waals surface area contributed by atoms with E-state index in [1.54, 1.807) is 9.58 Å². The number of fused-ring (bicyclic) bond motifs is 1. The highest BCUT2D eigenvalue weighted by Crippen LogP contribution is 2.45. The lowest BCUT2D eigenvalue weighted by molar-refractivity contribution is -0.139. The van der Waals surface area contributed by atoms with Crippen molar-refractivity contribution in [3.63, 3.8) is 0 Å². The largest absolute Gasteiger partial charge is 0.395 e. The smallest absolute Gasteiger partial charge is 0.264 e. The minimum Gasteiger partial charge on any atom is -0.395 e. The second-order valence-electron chi connectivity index (χ2n) is 12.1. The van der Waals surface area contributed by atoms with Gasteiger partial charge in [-0.2, -0.15) is 0 Å². The molecule has 3 aromatic carbocycles. The molecule has 0 bridgehead atoms. The molecule has 46 heavy (non-hydrogen) atoms. The Balaban J connectivity index is 1.11. The van der Waals surface area contributed by atoms with E-state index in [-0.39, 0.29) is 36.9 Å². The van der Waals surface area contributed by atoms with Crippen molar-refractivity contribution in [2.45, 2.75) is 56.8 Å². The van der Waals surface area contributed by atoms with Gasteiger partial charge in [0.1, 0.15) is 0 Å². The number of carbonyl (C=O) groups is 2. The van der Waals surface area contributed by atoms with Crippen molar-refractivity contribution < 1.29 is 19.8 Å². The first-order valence-electron chi connectivity index (χ1n) is 15.9. The number of hydrogen-bond donors (Lipinski definition) is 4. The van der Waals surface area contributed by atoms with Crippen LogP contribution in [0.4, 0.5) is 11.4 Å². The number of amides is 2. The Morgan fingerprint density at radius 2 is 1.93 bits per heavy atom. The maximum atomic E-state index is 14.0. The van der Waals surface area contributed by atoms with Crippen LogP contribution in [-0.4, -0.2) is 56.2 Å². The predicted octanol–water partition coefficient (Wildman–Crippen LogP) is 4.11. The average molecular weight is 621 g/mol. The number of aliphatic hydroxyl groups is 2. The minimum atomic E-state index is -1.72. The molecule has 6 rings (SSSR count). The summed E-state index contributed by atoms with van der Waals surface area (Å²) in [6.45, 7) is 3.44. The number of nitrogens with zero attached hydrogens (tertiary/aromatic N) is 4. The van der Waals surface area contributed by atoms with E-state index in [9.17, 15) is 19.8 Å². The quantitative estimate of drug-likeness (QED) is 0.175. The van der Waals surface area contributed by atoms with Crippen LogP contribution in [0.3, 0.4) is 0 Å². The second-order valence-corrected chi connectivity index (χ2v) is 12.1. The van der Waals surface area contributed by atoms with Gasteiger partial charge >= 0.3 is 0 Å². The maximum absolute atomic E-state index is 14.0. The number of aliphatic hydroxyl groups excluding tert-OH is 1. The number of hydrogen-bond acceptors (Lipinski definition) is 7. The monoisotopic (exact) mass is 620 g/mol. The molecule has 1 saturated heterocycles. The van der Waals surface area contributed by atoms with Gasteiger partial charge in [0.05, 0.1) is 36.5 Å². The molecule has 4 atom stereocenters. The molecule has 0 spiro atoms. The zero-order valence-electron chi connectivity index (χ0n) is 25.9. The van der Waals surface area contributed by atoms with Gasteiger partial charge in [-0.3, -0.25) is 14.3 Å². The van der Waals surface area contributed by atoms with Crippen LogP contribution < -0.4 is 15.5 Å². The van der Waals surface area contributed by atoms with Gasteiger partial charge in [-0.05, 0) is 55.1 Å². The van der Waals surface area contributed by atoms with Gasteiger partial charge < -0.3 is 25.7 Å². The molecule has 2 aliphatic rings. The lowest BCUT2D eigenvalue weighted by Gasteiger charge is -2.27. The van der Waals surface area contributed by atoms with E-state index in [1.165, 1.54) is 0 Å². The Kier molecular flexibility index (Phi) is 9.39. The van der Waals surface area contributed by atoms with Crippen molar-refractivity contribution in [2.75, 3.05) is 23.4 Å². The summed E-state index contributed by atoms with van der Waals surface area (Å²) in [6.07, 6.45) is 8.09. The summed E-state index contributed by atoms with van der Waals surface area (Å²) < 4.78 is 1.74. The normalized spacial score (nSPS) is 20.6. The standard InChI is InChI=1S/C36H40N6O4/c1-25(11-7-8-20-41-23-32(39-40-41)29(24-43)27-13-3-2-4-14-27)36(46)30-16-5-6-18-33(30)42(35(36)45)22-26-12-9-15-28(21-26)38-34(44)31-17-10-19-37-31/h2-7,9,11-16,18,21,23,25,29,31,37,43,46H,8,10,17,19-20,22,24H2,1H3,(H,38,44)/b11-7+/t25-,29?,31+,36+/m0/s1. The van der Waals surface area contributed by atoms with Crippen LogP contribution in [0.5, 0.6) is 0 Å². The van der Waals surface area contributed by atoms with E-state index < -0.39 is 11.5 Å². The summed E-state index contributed by atoms with van der Waals surface area (Å²) in [5.41, 5.74) is 2.72. The number of benzene rings is 3. The number of allylic oxidation sites excluding steroid dienone is 1. The van der Waals surface area contributed by atoms with E-state index in [2.05, 4.69) is 20.9 Å². The summed E-state index contributed by atoms with van der Waals surface area (Å²) in [5.74, 6) is -1.18. The van der Waals surface area contributed by atoms with Crippen LogP contribution in [-0.2, 0) is 28.3 Å². The van der Waals surface area contributed by atoms with Gasteiger partial charge in [0.15, 0.2) is 5.60 Å². The fourth-order valence-electron chi connectivity index (χ4n) is 6.41. The number of para-hydroxylation sites is 1. The van der Waals surface area contributed by atoms with Crippen LogP contribution in [0.1, 0.15) is 54.5 Å². The molecule has 2 aliphatic heterocycles. The fourth-order valence-corrected chi connectivity index (χ4v) is 6.41. The number of aromatic nitrogens is 3. The zero-order valence-corrected chi connectivity index (χ0v) is 25.9. The lowest BCUT2D eigenvalue weighted by atomic mass is 9.83. The number of rotatable bonds is 12. The highest BCUT2D eigenvalue weighted by atomic mass is 16.3. The third kappa shape index (κ3) is 6.37. The fraction of sp³-hybridized carbons (Fsp3) is 0.333. The summed E-state index contributed by atoms with van der Waals surface area (Å²) in [6, 6.07) is 24.4. The molecule has 10 heteroatoms. The van der Waals surface area contributed by atoms with E-state index in [4.69, 9.17) is 0 Å². The van der Waals surface area contributed by atoms with Crippen LogP contribution in [0.2, 0.25) is 0 Å². The SMILES string of the molecule is C[C@@H](/C=C/CCn1cc(C(CO)c2ccccc2)nn1)[C@]1(O)C(=O)N(Cc2cccc(NC(=O)[C@H]3CCCN3)c2)c2ccccc21. The molecule has 238 valence electrons. The molecule has 4 aromatic rings. The topological polar surface area (TPSA) is 133 Å². The molecular weight excluding hydrogens is 580 g/mol. The molecule has 4 N–H and O–H groups in total. The van der Waals surface area contributed by atoms with Crippen LogP contribution in [0.15, 0.2) is 97.2 Å². The highest BCUT2D eigenvalue weighted by molar-refractivity contribution is 6.07. The third-order valence-corrected chi connectivity index (χ3v) is 9.00. The summed E-state index contributed by atoms with van der Waals surface area (Å²) in [5, 5.41) is 36.7. The van der Waals surface area contributed by atoms with Crippen LogP contribution in [0, 0.1) is 5.92 Å². The first kappa shape index (κ1) is 31.3.